The molecule has 3 N–H and O–H groups in total. The fourth-order valence-electron chi connectivity index (χ4n) is 1.68. The zero-order valence-electron chi connectivity index (χ0n) is 10.6. The van der Waals surface area contributed by atoms with Gasteiger partial charge in [0.25, 0.3) is 0 Å². The minimum atomic E-state index is -0.479. The topological polar surface area (TPSA) is 66.6 Å². The molecule has 94 valence electrons. The lowest BCUT2D eigenvalue weighted by atomic mass is 10.1. The second kappa shape index (κ2) is 5.68. The third-order valence-corrected chi connectivity index (χ3v) is 2.66. The molecule has 0 bridgehead atoms. The fraction of sp³-hybridized carbons (Fsp3) is 0.462. The van der Waals surface area contributed by atoms with Crippen LogP contribution in [0.4, 0.5) is 5.69 Å². The molecule has 1 aromatic carbocycles. The Labute approximate surface area is 102 Å². The highest BCUT2D eigenvalue weighted by atomic mass is 16.3. The Morgan fingerprint density at radius 2 is 1.82 bits per heavy atom. The van der Waals surface area contributed by atoms with Gasteiger partial charge in [0.1, 0.15) is 0 Å². The van der Waals surface area contributed by atoms with Crippen molar-refractivity contribution in [3.8, 4) is 0 Å². The van der Waals surface area contributed by atoms with Crippen LogP contribution in [0.15, 0.2) is 24.3 Å². The zero-order chi connectivity index (χ0) is 13.0. The Balaban J connectivity index is 2.91. The normalized spacial score (nSPS) is 12.5. The Hall–Kier alpha value is -1.55. The van der Waals surface area contributed by atoms with Crippen LogP contribution < -0.4 is 10.6 Å². The Kier molecular flexibility index (Phi) is 4.52. The number of nitrogens with zero attached hydrogens (tertiary/aromatic N) is 1. The van der Waals surface area contributed by atoms with Crippen LogP contribution in [-0.2, 0) is 4.79 Å². The van der Waals surface area contributed by atoms with Crippen LogP contribution in [-0.4, -0.2) is 23.6 Å². The number of anilines is 1. The lowest BCUT2D eigenvalue weighted by Gasteiger charge is -2.27. The molecule has 0 heterocycles. The molecule has 4 nitrogen and oxygen atoms in total. The molecule has 0 aromatic heterocycles. The average Bonchev–Trinajstić information content (AvgIpc) is 2.25. The van der Waals surface area contributed by atoms with Crippen molar-refractivity contribution in [3.63, 3.8) is 0 Å². The second-order valence-corrected chi connectivity index (χ2v) is 4.46. The number of aliphatic hydroxyl groups excluding tert-OH is 1. The van der Waals surface area contributed by atoms with E-state index >= 15 is 0 Å². The summed E-state index contributed by atoms with van der Waals surface area (Å²) in [4.78, 5) is 12.9. The van der Waals surface area contributed by atoms with Gasteiger partial charge < -0.3 is 15.7 Å². The molecule has 17 heavy (non-hydrogen) atoms. The van der Waals surface area contributed by atoms with Crippen LogP contribution in [0, 0.1) is 0 Å². The maximum absolute atomic E-state index is 11.0. The van der Waals surface area contributed by atoms with Crippen molar-refractivity contribution in [3.05, 3.63) is 29.8 Å². The van der Waals surface area contributed by atoms with Gasteiger partial charge in [-0.25, -0.2) is 0 Å². The molecule has 1 amide bonds. The molecule has 0 saturated carbocycles. The number of carbonyl (C=O) groups excluding carboxylic acids is 1. The van der Waals surface area contributed by atoms with Crippen molar-refractivity contribution < 1.29 is 9.90 Å². The van der Waals surface area contributed by atoms with E-state index < -0.39 is 6.10 Å². The van der Waals surface area contributed by atoms with E-state index in [2.05, 4.69) is 0 Å². The summed E-state index contributed by atoms with van der Waals surface area (Å²) < 4.78 is 0. The van der Waals surface area contributed by atoms with Crippen LogP contribution in [0.1, 0.15) is 32.4 Å². The van der Waals surface area contributed by atoms with E-state index in [0.29, 0.717) is 0 Å². The summed E-state index contributed by atoms with van der Waals surface area (Å²) in [6.07, 6.45) is -0.479. The third kappa shape index (κ3) is 3.75. The minimum absolute atomic E-state index is 0.194. The monoisotopic (exact) mass is 236 g/mol. The molecule has 0 saturated heterocycles. The van der Waals surface area contributed by atoms with Gasteiger partial charge in [-0.3, -0.25) is 4.79 Å². The van der Waals surface area contributed by atoms with Gasteiger partial charge in [0.05, 0.1) is 12.6 Å². The maximum atomic E-state index is 11.0. The molecule has 4 heteroatoms. The quantitative estimate of drug-likeness (QED) is 0.813. The van der Waals surface area contributed by atoms with Crippen molar-refractivity contribution >= 4 is 11.6 Å². The molecule has 0 spiro atoms. The summed E-state index contributed by atoms with van der Waals surface area (Å²) in [5, 5.41) is 9.42. The van der Waals surface area contributed by atoms with Crippen molar-refractivity contribution in [2.45, 2.75) is 32.9 Å². The number of rotatable bonds is 5. The highest BCUT2D eigenvalue weighted by molar-refractivity contribution is 5.79. The summed E-state index contributed by atoms with van der Waals surface area (Å²) >= 11 is 0. The van der Waals surface area contributed by atoms with Crippen LogP contribution in [0.25, 0.3) is 0 Å². The van der Waals surface area contributed by atoms with E-state index in [0.717, 1.165) is 11.3 Å². The van der Waals surface area contributed by atoms with Gasteiger partial charge in [0, 0.05) is 11.7 Å². The number of amides is 1. The Morgan fingerprint density at radius 1 is 1.29 bits per heavy atom. The molecule has 1 rings (SSSR count). The number of aliphatic hydroxyl groups is 1. The first kappa shape index (κ1) is 13.5. The van der Waals surface area contributed by atoms with E-state index in [1.807, 2.05) is 43.0 Å². The largest absolute Gasteiger partial charge is 0.389 e. The Bertz CT molecular complexity index is 372. The maximum Gasteiger partial charge on any atom is 0.236 e. The summed E-state index contributed by atoms with van der Waals surface area (Å²) in [5.74, 6) is -0.349. The summed E-state index contributed by atoms with van der Waals surface area (Å²) in [7, 11) is 0. The molecule has 0 aliphatic heterocycles. The lowest BCUT2D eigenvalue weighted by molar-refractivity contribution is -0.116. The SMILES string of the molecule is CC(C)N(CC(N)=O)c1ccc([C@@H](C)O)cc1. The molecule has 0 aliphatic carbocycles. The third-order valence-electron chi connectivity index (χ3n) is 2.66. The van der Waals surface area contributed by atoms with Gasteiger partial charge in [0.2, 0.25) is 5.91 Å². The molecule has 0 fully saturated rings. The lowest BCUT2D eigenvalue weighted by Crippen LogP contribution is -2.38. The Morgan fingerprint density at radius 3 is 2.18 bits per heavy atom. The van der Waals surface area contributed by atoms with Gasteiger partial charge in [0.15, 0.2) is 0 Å². The molecule has 0 radical (unpaired) electrons. The first-order valence-electron chi connectivity index (χ1n) is 5.74. The first-order chi connectivity index (χ1) is 7.91. The fourth-order valence-corrected chi connectivity index (χ4v) is 1.68. The van der Waals surface area contributed by atoms with Gasteiger partial charge in [-0.2, -0.15) is 0 Å². The van der Waals surface area contributed by atoms with E-state index in [9.17, 15) is 9.90 Å². The molecule has 1 aromatic rings. The second-order valence-electron chi connectivity index (χ2n) is 4.46. The van der Waals surface area contributed by atoms with E-state index in [1.54, 1.807) is 6.92 Å². The van der Waals surface area contributed by atoms with Gasteiger partial charge >= 0.3 is 0 Å². The van der Waals surface area contributed by atoms with Crippen LogP contribution in [0.5, 0.6) is 0 Å². The van der Waals surface area contributed by atoms with Gasteiger partial charge in [-0.1, -0.05) is 12.1 Å². The predicted molar refractivity (Wildman–Crippen MR) is 68.8 cm³/mol. The first-order valence-corrected chi connectivity index (χ1v) is 5.74. The average molecular weight is 236 g/mol. The van der Waals surface area contributed by atoms with Crippen molar-refractivity contribution in [1.29, 1.82) is 0 Å². The highest BCUT2D eigenvalue weighted by Gasteiger charge is 2.13. The number of hydrogen-bond acceptors (Lipinski definition) is 3. The molecule has 1 atom stereocenters. The highest BCUT2D eigenvalue weighted by Crippen LogP contribution is 2.20. The van der Waals surface area contributed by atoms with E-state index in [4.69, 9.17) is 5.73 Å². The van der Waals surface area contributed by atoms with Gasteiger partial charge in [-0.05, 0) is 38.5 Å². The summed E-state index contributed by atoms with van der Waals surface area (Å²) in [6.45, 7) is 5.93. The summed E-state index contributed by atoms with van der Waals surface area (Å²) in [6, 6.07) is 7.70. The molecular weight excluding hydrogens is 216 g/mol. The standard InChI is InChI=1S/C13H20N2O2/c1-9(2)15(8-13(14)17)12-6-4-11(5-7-12)10(3)16/h4-7,9-10,16H,8H2,1-3H3,(H2,14,17)/t10-/m1/s1. The van der Waals surface area contributed by atoms with Crippen molar-refractivity contribution in [2.75, 3.05) is 11.4 Å². The smallest absolute Gasteiger partial charge is 0.236 e. The number of primary amides is 1. The number of hydrogen-bond donors (Lipinski definition) is 2. The number of carbonyl (C=O) groups is 1. The van der Waals surface area contributed by atoms with Crippen molar-refractivity contribution in [2.24, 2.45) is 5.73 Å². The van der Waals surface area contributed by atoms with Crippen LogP contribution in [0.2, 0.25) is 0 Å². The van der Waals surface area contributed by atoms with Gasteiger partial charge in [-0.15, -0.1) is 0 Å². The predicted octanol–water partition coefficient (Wildman–Crippen LogP) is 1.44. The zero-order valence-corrected chi connectivity index (χ0v) is 10.6. The van der Waals surface area contributed by atoms with Crippen LogP contribution >= 0.6 is 0 Å². The molecule has 0 aliphatic rings. The minimum Gasteiger partial charge on any atom is -0.389 e. The van der Waals surface area contributed by atoms with E-state index in [-0.39, 0.29) is 18.5 Å². The summed E-state index contributed by atoms with van der Waals surface area (Å²) in [5.41, 5.74) is 7.02. The van der Waals surface area contributed by atoms with Crippen LogP contribution in [0.3, 0.4) is 0 Å². The molecule has 0 unspecified atom stereocenters. The number of nitrogens with two attached hydrogens (primary N) is 1. The number of benzene rings is 1. The van der Waals surface area contributed by atoms with Crippen molar-refractivity contribution in [1.82, 2.24) is 0 Å². The van der Waals surface area contributed by atoms with E-state index in [1.165, 1.54) is 0 Å². The molecular formula is C13H20N2O2.